The molecule has 1 heterocycles. The van der Waals surface area contributed by atoms with Crippen LogP contribution in [0.4, 0.5) is 11.5 Å². The zero-order valence-corrected chi connectivity index (χ0v) is 14.6. The summed E-state index contributed by atoms with van der Waals surface area (Å²) >= 11 is 0. The summed E-state index contributed by atoms with van der Waals surface area (Å²) < 4.78 is 5.40. The number of carbonyl (C=O) groups is 1. The zero-order chi connectivity index (χ0) is 18.6. The summed E-state index contributed by atoms with van der Waals surface area (Å²) in [4.78, 5) is 26.2. The molecule has 1 atom stereocenters. The molecule has 1 N–H and O–H groups in total. The number of aromatic nitrogens is 1. The van der Waals surface area contributed by atoms with Gasteiger partial charge in [0.1, 0.15) is 6.20 Å². The fourth-order valence-corrected chi connectivity index (χ4v) is 2.15. The van der Waals surface area contributed by atoms with Gasteiger partial charge in [0.2, 0.25) is 5.75 Å². The van der Waals surface area contributed by atoms with Crippen LogP contribution < -0.4 is 10.1 Å². The topological polar surface area (TPSA) is 94.4 Å². The monoisotopic (exact) mass is 343 g/mol. The number of benzene rings is 1. The second-order valence-electron chi connectivity index (χ2n) is 6.66. The van der Waals surface area contributed by atoms with Gasteiger partial charge in [-0.3, -0.25) is 4.79 Å². The second kappa shape index (κ2) is 7.29. The normalized spacial score (nSPS) is 12.3. The molecule has 1 amide bonds. The van der Waals surface area contributed by atoms with Crippen molar-refractivity contribution in [3.05, 3.63) is 58.3 Å². The lowest BCUT2D eigenvalue weighted by molar-refractivity contribution is -0.390. The minimum absolute atomic E-state index is 0.0260. The molecule has 7 nitrogen and oxygen atoms in total. The fourth-order valence-electron chi connectivity index (χ4n) is 2.15. The van der Waals surface area contributed by atoms with Gasteiger partial charge in [-0.05, 0) is 52.1 Å². The summed E-state index contributed by atoms with van der Waals surface area (Å²) in [6.45, 7) is 7.85. The lowest BCUT2D eigenvalue weighted by atomic mass is 9.87. The van der Waals surface area contributed by atoms with E-state index in [-0.39, 0.29) is 11.2 Å². The van der Waals surface area contributed by atoms with Crippen molar-refractivity contribution in [2.24, 2.45) is 0 Å². The van der Waals surface area contributed by atoms with Gasteiger partial charge in [-0.15, -0.1) is 0 Å². The van der Waals surface area contributed by atoms with Crippen LogP contribution in [0.5, 0.6) is 5.75 Å². The van der Waals surface area contributed by atoms with Crippen LogP contribution in [0.25, 0.3) is 0 Å². The number of hydrogen-bond acceptors (Lipinski definition) is 5. The van der Waals surface area contributed by atoms with E-state index in [4.69, 9.17) is 4.74 Å². The first kappa shape index (κ1) is 18.4. The van der Waals surface area contributed by atoms with E-state index in [0.29, 0.717) is 5.69 Å². The molecule has 0 saturated carbocycles. The summed E-state index contributed by atoms with van der Waals surface area (Å²) in [6.07, 6.45) is 0.386. The van der Waals surface area contributed by atoms with Crippen LogP contribution in [0.1, 0.15) is 33.3 Å². The first-order valence-corrected chi connectivity index (χ1v) is 7.86. The molecule has 2 aromatic rings. The van der Waals surface area contributed by atoms with Crippen molar-refractivity contribution < 1.29 is 14.5 Å². The Bertz CT molecular complexity index is 767. The molecule has 0 fully saturated rings. The Morgan fingerprint density at radius 3 is 2.44 bits per heavy atom. The van der Waals surface area contributed by atoms with Gasteiger partial charge >= 0.3 is 5.82 Å². The van der Waals surface area contributed by atoms with E-state index >= 15 is 0 Å². The van der Waals surface area contributed by atoms with Crippen molar-refractivity contribution in [1.82, 2.24) is 4.98 Å². The number of hydrogen-bond donors (Lipinski definition) is 1. The van der Waals surface area contributed by atoms with Gasteiger partial charge < -0.3 is 20.2 Å². The number of carbonyl (C=O) groups excluding carboxylic acids is 1. The van der Waals surface area contributed by atoms with Crippen molar-refractivity contribution in [3.63, 3.8) is 0 Å². The Morgan fingerprint density at radius 2 is 1.88 bits per heavy atom. The number of amides is 1. The second-order valence-corrected chi connectivity index (χ2v) is 6.66. The van der Waals surface area contributed by atoms with Crippen LogP contribution in [-0.2, 0) is 10.2 Å². The van der Waals surface area contributed by atoms with Crippen LogP contribution in [-0.4, -0.2) is 21.9 Å². The van der Waals surface area contributed by atoms with E-state index in [1.807, 2.05) is 24.3 Å². The first-order chi connectivity index (χ1) is 11.7. The number of nitro groups is 1. The molecule has 0 aliphatic heterocycles. The van der Waals surface area contributed by atoms with Gasteiger partial charge in [-0.2, -0.15) is 0 Å². The molecule has 2 rings (SSSR count). The molecule has 0 bridgehead atoms. The highest BCUT2D eigenvalue weighted by atomic mass is 16.6. The third-order valence-electron chi connectivity index (χ3n) is 3.62. The molecule has 0 aliphatic carbocycles. The largest absolute Gasteiger partial charge is 0.473 e. The van der Waals surface area contributed by atoms with Crippen molar-refractivity contribution in [3.8, 4) is 5.75 Å². The average molecular weight is 343 g/mol. The van der Waals surface area contributed by atoms with Crippen molar-refractivity contribution in [2.45, 2.75) is 39.2 Å². The fraction of sp³-hybridized carbons (Fsp3) is 0.333. The zero-order valence-electron chi connectivity index (χ0n) is 14.6. The van der Waals surface area contributed by atoms with Gasteiger partial charge in [0.25, 0.3) is 5.91 Å². The van der Waals surface area contributed by atoms with E-state index in [1.165, 1.54) is 25.3 Å². The predicted octanol–water partition coefficient (Wildman–Crippen LogP) is 3.69. The molecular weight excluding hydrogens is 322 g/mol. The van der Waals surface area contributed by atoms with Crippen LogP contribution in [0, 0.1) is 10.1 Å². The Hall–Kier alpha value is -2.96. The molecule has 7 heteroatoms. The third-order valence-corrected chi connectivity index (χ3v) is 3.62. The number of nitrogens with one attached hydrogen (secondary N) is 1. The maximum absolute atomic E-state index is 12.3. The quantitative estimate of drug-likeness (QED) is 0.660. The minimum atomic E-state index is -0.912. The smallest absolute Gasteiger partial charge is 0.406 e. The van der Waals surface area contributed by atoms with Crippen molar-refractivity contribution in [2.75, 3.05) is 5.32 Å². The summed E-state index contributed by atoms with van der Waals surface area (Å²) in [5, 5.41) is 13.7. The maximum atomic E-state index is 12.3. The van der Waals surface area contributed by atoms with Crippen LogP contribution in [0.3, 0.4) is 0 Å². The Morgan fingerprint density at radius 1 is 1.24 bits per heavy atom. The Kier molecular flexibility index (Phi) is 5.36. The molecule has 0 aliphatic rings. The molecule has 1 aromatic carbocycles. The Balaban J connectivity index is 2.05. The van der Waals surface area contributed by atoms with Gasteiger partial charge in [-0.1, -0.05) is 32.9 Å². The summed E-state index contributed by atoms with van der Waals surface area (Å²) in [5.41, 5.74) is 1.81. The van der Waals surface area contributed by atoms with E-state index in [2.05, 4.69) is 31.1 Å². The van der Waals surface area contributed by atoms with E-state index in [9.17, 15) is 14.9 Å². The van der Waals surface area contributed by atoms with Gasteiger partial charge in [0.15, 0.2) is 6.10 Å². The molecule has 132 valence electrons. The first-order valence-electron chi connectivity index (χ1n) is 7.86. The van der Waals surface area contributed by atoms with Crippen LogP contribution in [0.15, 0.2) is 42.6 Å². The molecule has 0 radical (unpaired) electrons. The molecular formula is C18H21N3O4. The molecule has 1 unspecified atom stereocenters. The summed E-state index contributed by atoms with van der Waals surface area (Å²) in [7, 11) is 0. The van der Waals surface area contributed by atoms with Crippen molar-refractivity contribution in [1.29, 1.82) is 0 Å². The SMILES string of the molecule is CC(Oc1cccnc1[N+](=O)[O-])C(=O)Nc1ccc(C(C)(C)C)cc1. The van der Waals surface area contributed by atoms with E-state index in [0.717, 1.165) is 5.56 Å². The molecule has 1 aromatic heterocycles. The van der Waals surface area contributed by atoms with Gasteiger partial charge in [-0.25, -0.2) is 0 Å². The number of ether oxygens (including phenoxy) is 1. The number of rotatable bonds is 5. The lowest BCUT2D eigenvalue weighted by Crippen LogP contribution is -2.30. The van der Waals surface area contributed by atoms with E-state index in [1.54, 1.807) is 0 Å². The number of pyridine rings is 1. The van der Waals surface area contributed by atoms with Crippen molar-refractivity contribution >= 4 is 17.4 Å². The standard InChI is InChI=1S/C18H21N3O4/c1-12(25-15-6-5-11-19-16(15)21(23)24)17(22)20-14-9-7-13(8-10-14)18(2,3)4/h5-12H,1-4H3,(H,20,22). The van der Waals surface area contributed by atoms with E-state index < -0.39 is 22.8 Å². The maximum Gasteiger partial charge on any atom is 0.406 e. The van der Waals surface area contributed by atoms with Crippen LogP contribution >= 0.6 is 0 Å². The minimum Gasteiger partial charge on any atom is -0.473 e. The molecule has 25 heavy (non-hydrogen) atoms. The highest BCUT2D eigenvalue weighted by Gasteiger charge is 2.22. The third kappa shape index (κ3) is 4.76. The molecule has 0 spiro atoms. The highest BCUT2D eigenvalue weighted by molar-refractivity contribution is 5.94. The lowest BCUT2D eigenvalue weighted by Gasteiger charge is -2.19. The highest BCUT2D eigenvalue weighted by Crippen LogP contribution is 2.25. The summed E-state index contributed by atoms with van der Waals surface area (Å²) in [5.74, 6) is -0.864. The predicted molar refractivity (Wildman–Crippen MR) is 94.8 cm³/mol. The van der Waals surface area contributed by atoms with Crippen LogP contribution in [0.2, 0.25) is 0 Å². The van der Waals surface area contributed by atoms with Gasteiger partial charge in [0, 0.05) is 5.69 Å². The Labute approximate surface area is 146 Å². The number of anilines is 1. The summed E-state index contributed by atoms with van der Waals surface area (Å²) in [6, 6.07) is 10.5. The molecule has 0 saturated heterocycles. The van der Waals surface area contributed by atoms with Gasteiger partial charge in [0.05, 0.1) is 0 Å². The average Bonchev–Trinajstić information content (AvgIpc) is 2.54. The number of nitrogens with zero attached hydrogens (tertiary/aromatic N) is 2.